The maximum absolute atomic E-state index is 12.8. The molecule has 1 saturated heterocycles. The summed E-state index contributed by atoms with van der Waals surface area (Å²) in [4.78, 5) is 34.2. The van der Waals surface area contributed by atoms with Crippen molar-refractivity contribution in [1.82, 2.24) is 9.88 Å². The van der Waals surface area contributed by atoms with Gasteiger partial charge >= 0.3 is 0 Å². The minimum Gasteiger partial charge on any atom is -0.333 e. The summed E-state index contributed by atoms with van der Waals surface area (Å²) in [6, 6.07) is 10.1. The zero-order chi connectivity index (χ0) is 19.0. The van der Waals surface area contributed by atoms with Crippen LogP contribution in [0, 0.1) is 13.8 Å². The Labute approximate surface area is 166 Å². The summed E-state index contributed by atoms with van der Waals surface area (Å²) >= 11 is 3.30. The first-order valence-corrected chi connectivity index (χ1v) is 10.9. The Balaban J connectivity index is 1.44. The van der Waals surface area contributed by atoms with Crippen LogP contribution in [0.5, 0.6) is 0 Å². The van der Waals surface area contributed by atoms with Gasteiger partial charge in [-0.3, -0.25) is 9.59 Å². The minimum atomic E-state index is 0.0510. The lowest BCUT2D eigenvalue weighted by molar-refractivity contribution is -0.132. The van der Waals surface area contributed by atoms with Gasteiger partial charge in [-0.2, -0.15) is 0 Å². The van der Waals surface area contributed by atoms with E-state index >= 15 is 0 Å². The van der Waals surface area contributed by atoms with Crippen LogP contribution in [0.2, 0.25) is 0 Å². The molecule has 1 aliphatic heterocycles. The van der Waals surface area contributed by atoms with Gasteiger partial charge in [0.2, 0.25) is 5.91 Å². The first-order chi connectivity index (χ1) is 13.0. The summed E-state index contributed by atoms with van der Waals surface area (Å²) in [6.45, 7) is 4.73. The Morgan fingerprint density at radius 3 is 2.74 bits per heavy atom. The average molecular weight is 399 g/mol. The smallest absolute Gasteiger partial charge is 0.223 e. The quantitative estimate of drug-likeness (QED) is 0.548. The second-order valence-electron chi connectivity index (χ2n) is 7.02. The Bertz CT molecular complexity index is 972. The van der Waals surface area contributed by atoms with Crippen molar-refractivity contribution in [2.24, 2.45) is 0 Å². The molecule has 3 aromatic rings. The number of carbonyl (C=O) groups is 2. The highest BCUT2D eigenvalue weighted by molar-refractivity contribution is 7.18. The number of ketones is 1. The van der Waals surface area contributed by atoms with Crippen molar-refractivity contribution in [3.63, 3.8) is 0 Å². The van der Waals surface area contributed by atoms with E-state index in [2.05, 4.69) is 6.07 Å². The van der Waals surface area contributed by atoms with E-state index in [0.29, 0.717) is 0 Å². The second-order valence-corrected chi connectivity index (χ2v) is 9.54. The lowest BCUT2D eigenvalue weighted by atomic mass is 10.1. The summed E-state index contributed by atoms with van der Waals surface area (Å²) < 4.78 is 1.16. The molecule has 0 N–H and O–H groups in total. The van der Waals surface area contributed by atoms with Crippen LogP contribution < -0.4 is 0 Å². The zero-order valence-electron chi connectivity index (χ0n) is 15.5. The summed E-state index contributed by atoms with van der Waals surface area (Å²) in [5.41, 5.74) is 1.77. The number of aryl methyl sites for hydroxylation is 2. The number of aromatic nitrogens is 1. The van der Waals surface area contributed by atoms with Gasteiger partial charge in [-0.15, -0.1) is 22.7 Å². The van der Waals surface area contributed by atoms with Gasteiger partial charge in [-0.05, 0) is 44.9 Å². The Morgan fingerprint density at radius 2 is 2.00 bits per heavy atom. The number of hydrogen-bond acceptors (Lipinski definition) is 5. The molecule has 6 heteroatoms. The molecule has 27 heavy (non-hydrogen) atoms. The average Bonchev–Trinajstić information content (AvgIpc) is 3.36. The predicted molar refractivity (Wildman–Crippen MR) is 111 cm³/mol. The fourth-order valence-corrected chi connectivity index (χ4v) is 5.82. The molecule has 2 aromatic heterocycles. The molecule has 0 spiro atoms. The summed E-state index contributed by atoms with van der Waals surface area (Å²) in [5, 5.41) is 1.01. The van der Waals surface area contributed by atoms with Gasteiger partial charge in [0.25, 0.3) is 0 Å². The van der Waals surface area contributed by atoms with E-state index in [1.54, 1.807) is 22.7 Å². The molecule has 1 aromatic carbocycles. The van der Waals surface area contributed by atoms with Crippen LogP contribution in [0.4, 0.5) is 0 Å². The molecule has 0 aliphatic carbocycles. The van der Waals surface area contributed by atoms with Gasteiger partial charge < -0.3 is 4.90 Å². The predicted octanol–water partition coefficient (Wildman–Crippen LogP) is 5.30. The Morgan fingerprint density at radius 1 is 1.19 bits per heavy atom. The molecule has 0 bridgehead atoms. The molecule has 1 amide bonds. The number of nitrogens with zero attached hydrogens (tertiary/aromatic N) is 2. The largest absolute Gasteiger partial charge is 0.333 e. The Kier molecular flexibility index (Phi) is 5.10. The third-order valence-corrected chi connectivity index (χ3v) is 7.18. The number of hydrogen-bond donors (Lipinski definition) is 0. The SMILES string of the molecule is Cc1cc(C(=O)CCC(=O)N2CCC[C@@H]2c2nc3ccccc3s2)c(C)s1. The van der Waals surface area contributed by atoms with Gasteiger partial charge in [0, 0.05) is 34.7 Å². The van der Waals surface area contributed by atoms with Crippen molar-refractivity contribution >= 4 is 44.6 Å². The van der Waals surface area contributed by atoms with Crippen LogP contribution >= 0.6 is 22.7 Å². The number of para-hydroxylation sites is 1. The van der Waals surface area contributed by atoms with Crippen molar-refractivity contribution < 1.29 is 9.59 Å². The number of benzene rings is 1. The van der Waals surface area contributed by atoms with E-state index in [-0.39, 0.29) is 30.6 Å². The van der Waals surface area contributed by atoms with Crippen LogP contribution in [-0.2, 0) is 4.79 Å². The molecule has 4 rings (SSSR count). The number of amides is 1. The number of fused-ring (bicyclic) bond motifs is 1. The standard InChI is InChI=1S/C21H22N2O2S2/c1-13-12-15(14(2)26-13)18(24)9-10-20(25)23-11-5-7-17(23)21-22-16-6-3-4-8-19(16)27-21/h3-4,6,8,12,17H,5,7,9-11H2,1-2H3/t17-/m1/s1. The molecular formula is C21H22N2O2S2. The highest BCUT2D eigenvalue weighted by Gasteiger charge is 2.32. The number of thiophene rings is 1. The van der Waals surface area contributed by atoms with Gasteiger partial charge in [0.05, 0.1) is 16.3 Å². The summed E-state index contributed by atoms with van der Waals surface area (Å²) in [5.74, 6) is 0.135. The van der Waals surface area contributed by atoms with E-state index in [1.165, 1.54) is 0 Å². The Hall–Kier alpha value is -2.05. The van der Waals surface area contributed by atoms with Crippen LogP contribution in [-0.4, -0.2) is 28.1 Å². The zero-order valence-corrected chi connectivity index (χ0v) is 17.2. The van der Waals surface area contributed by atoms with E-state index in [9.17, 15) is 9.59 Å². The van der Waals surface area contributed by atoms with Crippen LogP contribution in [0.15, 0.2) is 30.3 Å². The molecule has 3 heterocycles. The summed E-state index contributed by atoms with van der Waals surface area (Å²) in [6.07, 6.45) is 2.49. The van der Waals surface area contributed by atoms with Crippen molar-refractivity contribution in [2.75, 3.05) is 6.54 Å². The monoisotopic (exact) mass is 398 g/mol. The molecular weight excluding hydrogens is 376 g/mol. The second kappa shape index (κ2) is 7.52. The lowest BCUT2D eigenvalue weighted by Crippen LogP contribution is -2.30. The van der Waals surface area contributed by atoms with E-state index in [4.69, 9.17) is 4.98 Å². The molecule has 1 fully saturated rings. The fraction of sp³-hybridized carbons (Fsp3) is 0.381. The summed E-state index contributed by atoms with van der Waals surface area (Å²) in [7, 11) is 0. The third kappa shape index (κ3) is 3.69. The van der Waals surface area contributed by atoms with Crippen molar-refractivity contribution in [1.29, 1.82) is 0 Å². The van der Waals surface area contributed by atoms with E-state index in [0.717, 1.165) is 49.9 Å². The lowest BCUT2D eigenvalue weighted by Gasteiger charge is -2.23. The molecule has 0 unspecified atom stereocenters. The van der Waals surface area contributed by atoms with E-state index in [1.807, 2.05) is 43.0 Å². The molecule has 0 saturated carbocycles. The number of carbonyl (C=O) groups excluding carboxylic acids is 2. The molecule has 1 aliphatic rings. The van der Waals surface area contributed by atoms with Gasteiger partial charge in [-0.1, -0.05) is 12.1 Å². The molecule has 0 radical (unpaired) electrons. The van der Waals surface area contributed by atoms with Crippen LogP contribution in [0.1, 0.15) is 56.8 Å². The first-order valence-electron chi connectivity index (χ1n) is 9.28. The third-order valence-electron chi connectivity index (χ3n) is 5.08. The maximum atomic E-state index is 12.8. The van der Waals surface area contributed by atoms with Crippen molar-refractivity contribution in [2.45, 2.75) is 45.6 Å². The fourth-order valence-electron chi connectivity index (χ4n) is 3.76. The van der Waals surface area contributed by atoms with Gasteiger partial charge in [-0.25, -0.2) is 4.98 Å². The number of rotatable bonds is 5. The van der Waals surface area contributed by atoms with Crippen LogP contribution in [0.3, 0.4) is 0 Å². The highest BCUT2D eigenvalue weighted by Crippen LogP contribution is 2.37. The van der Waals surface area contributed by atoms with Crippen LogP contribution in [0.25, 0.3) is 10.2 Å². The maximum Gasteiger partial charge on any atom is 0.223 e. The topological polar surface area (TPSA) is 50.3 Å². The number of likely N-dealkylation sites (tertiary alicyclic amines) is 1. The minimum absolute atomic E-state index is 0.0510. The highest BCUT2D eigenvalue weighted by atomic mass is 32.1. The molecule has 140 valence electrons. The van der Waals surface area contributed by atoms with Gasteiger partial charge in [0.15, 0.2) is 5.78 Å². The molecule has 1 atom stereocenters. The van der Waals surface area contributed by atoms with Gasteiger partial charge in [0.1, 0.15) is 5.01 Å². The van der Waals surface area contributed by atoms with Crippen molar-refractivity contribution in [3.8, 4) is 0 Å². The number of thiazole rings is 1. The molecule has 4 nitrogen and oxygen atoms in total. The normalized spacial score (nSPS) is 17.0. The first kappa shape index (κ1) is 18.3. The van der Waals surface area contributed by atoms with Crippen molar-refractivity contribution in [3.05, 3.63) is 50.7 Å². The van der Waals surface area contributed by atoms with E-state index < -0.39 is 0 Å². The number of Topliss-reactive ketones (excluding diaryl/α,β-unsaturated/α-hetero) is 1.